The quantitative estimate of drug-likeness (QED) is 0.335. The average molecular weight is 367 g/mol. The Kier molecular flexibility index (Phi) is 31.1. The zero-order chi connectivity index (χ0) is 18.5. The molecule has 0 aromatic heterocycles. The van der Waals surface area contributed by atoms with Gasteiger partial charge in [0, 0.05) is 12.4 Å². The minimum atomic E-state index is -0.913. The Morgan fingerprint density at radius 3 is 1.28 bits per heavy atom. The van der Waals surface area contributed by atoms with Gasteiger partial charge in [0.2, 0.25) is 0 Å². The van der Waals surface area contributed by atoms with Gasteiger partial charge in [-0.25, -0.2) is 0 Å². The van der Waals surface area contributed by atoms with E-state index in [2.05, 4.69) is 13.8 Å². The van der Waals surface area contributed by atoms with Crippen molar-refractivity contribution in [3.63, 3.8) is 0 Å². The fourth-order valence-corrected chi connectivity index (χ4v) is 2.46. The summed E-state index contributed by atoms with van der Waals surface area (Å²) in [5.41, 5.74) is 0. The molecule has 5 heteroatoms. The maximum absolute atomic E-state index is 10.1. The van der Waals surface area contributed by atoms with Crippen molar-refractivity contribution >= 4 is 11.9 Å². The minimum absolute atomic E-state index is 0. The number of carboxylic acids is 2. The number of rotatable bonds is 16. The number of unbranched alkanes of at least 4 members (excludes halogenated alkanes) is 12. The van der Waals surface area contributed by atoms with Crippen molar-refractivity contribution in [2.45, 2.75) is 117 Å². The topological polar surface area (TPSA) is 77.4 Å². The standard InChI is InChI=1S/2C10H20O2.Na/c2*1-2-3-4-5-6-7-8-9-10(11)12;/h2*2-9H2,1H3,(H,11,12);/q;;+1/p-1. The van der Waals surface area contributed by atoms with E-state index in [4.69, 9.17) is 5.11 Å². The van der Waals surface area contributed by atoms with E-state index in [1.54, 1.807) is 0 Å². The minimum Gasteiger partial charge on any atom is -0.550 e. The van der Waals surface area contributed by atoms with Gasteiger partial charge in [0.25, 0.3) is 0 Å². The molecule has 0 saturated carbocycles. The summed E-state index contributed by atoms with van der Waals surface area (Å²) in [5.74, 6) is -1.58. The molecule has 4 nitrogen and oxygen atoms in total. The van der Waals surface area contributed by atoms with Crippen LogP contribution < -0.4 is 34.7 Å². The van der Waals surface area contributed by atoms with Gasteiger partial charge in [0.1, 0.15) is 0 Å². The molecule has 0 aromatic rings. The second-order valence-electron chi connectivity index (χ2n) is 6.51. The Morgan fingerprint density at radius 1 is 0.640 bits per heavy atom. The Hall–Kier alpha value is -0.0600. The maximum atomic E-state index is 10.1. The third-order valence-corrected chi connectivity index (χ3v) is 3.98. The molecule has 0 amide bonds. The molecule has 1 N–H and O–H groups in total. The van der Waals surface area contributed by atoms with Crippen molar-refractivity contribution < 1.29 is 49.4 Å². The van der Waals surface area contributed by atoms with Crippen molar-refractivity contribution in [1.29, 1.82) is 0 Å². The molecule has 0 heterocycles. The SMILES string of the molecule is CCCCCCCCCC(=O)O.CCCCCCCCCC(=O)[O-].[Na+]. The third kappa shape index (κ3) is 35.8. The first kappa shape index (κ1) is 29.7. The Balaban J connectivity index is -0.000000372. The van der Waals surface area contributed by atoms with Crippen LogP contribution >= 0.6 is 0 Å². The van der Waals surface area contributed by atoms with Crippen LogP contribution in [-0.2, 0) is 9.59 Å². The molecule has 0 saturated heterocycles. The Morgan fingerprint density at radius 2 is 0.960 bits per heavy atom. The van der Waals surface area contributed by atoms with Gasteiger partial charge >= 0.3 is 35.5 Å². The molecule has 0 radical (unpaired) electrons. The number of hydrogen-bond donors (Lipinski definition) is 1. The van der Waals surface area contributed by atoms with E-state index in [9.17, 15) is 14.7 Å². The molecule has 144 valence electrons. The molecule has 0 atom stereocenters. The van der Waals surface area contributed by atoms with Gasteiger partial charge in [-0.2, -0.15) is 0 Å². The van der Waals surface area contributed by atoms with Crippen molar-refractivity contribution in [1.82, 2.24) is 0 Å². The molecular weight excluding hydrogens is 327 g/mol. The summed E-state index contributed by atoms with van der Waals surface area (Å²) >= 11 is 0. The molecule has 0 fully saturated rings. The molecule has 0 rings (SSSR count). The largest absolute Gasteiger partial charge is 1.00 e. The number of carbonyl (C=O) groups excluding carboxylic acids is 1. The van der Waals surface area contributed by atoms with Crippen LogP contribution in [0.2, 0.25) is 0 Å². The molecular formula is C20H39NaO4. The third-order valence-electron chi connectivity index (χ3n) is 3.98. The van der Waals surface area contributed by atoms with E-state index >= 15 is 0 Å². The van der Waals surface area contributed by atoms with E-state index in [1.165, 1.54) is 64.2 Å². The molecule has 0 bridgehead atoms. The zero-order valence-corrected chi connectivity index (χ0v) is 19.0. The molecule has 0 aromatic carbocycles. The number of carboxylic acid groups (broad SMARTS) is 2. The van der Waals surface area contributed by atoms with Crippen LogP contribution in [0.15, 0.2) is 0 Å². The van der Waals surface area contributed by atoms with Gasteiger partial charge in [-0.05, 0) is 19.3 Å². The fourth-order valence-electron chi connectivity index (χ4n) is 2.46. The first-order chi connectivity index (χ1) is 11.5. The molecule has 25 heavy (non-hydrogen) atoms. The second kappa shape index (κ2) is 26.2. The van der Waals surface area contributed by atoms with Crippen LogP contribution in [0.1, 0.15) is 117 Å². The van der Waals surface area contributed by atoms with Gasteiger partial charge in [-0.1, -0.05) is 90.9 Å². The van der Waals surface area contributed by atoms with Gasteiger partial charge < -0.3 is 15.0 Å². The molecule has 0 spiro atoms. The van der Waals surface area contributed by atoms with Crippen LogP contribution in [0.5, 0.6) is 0 Å². The van der Waals surface area contributed by atoms with Gasteiger partial charge in [0.15, 0.2) is 0 Å². The summed E-state index contributed by atoms with van der Waals surface area (Å²) in [5, 5.41) is 18.4. The molecule has 0 unspecified atom stereocenters. The zero-order valence-electron chi connectivity index (χ0n) is 17.0. The predicted molar refractivity (Wildman–Crippen MR) is 97.9 cm³/mol. The van der Waals surface area contributed by atoms with Crippen molar-refractivity contribution in [3.05, 3.63) is 0 Å². The van der Waals surface area contributed by atoms with Crippen LogP contribution in [-0.4, -0.2) is 17.0 Å². The molecule has 0 aliphatic carbocycles. The van der Waals surface area contributed by atoms with Gasteiger partial charge in [-0.3, -0.25) is 4.79 Å². The van der Waals surface area contributed by atoms with Gasteiger partial charge in [0.05, 0.1) is 0 Å². The van der Waals surface area contributed by atoms with Crippen LogP contribution in [0.4, 0.5) is 0 Å². The second-order valence-corrected chi connectivity index (χ2v) is 6.51. The normalized spacial score (nSPS) is 9.68. The Bertz CT molecular complexity index is 255. The summed E-state index contributed by atoms with van der Waals surface area (Å²) in [7, 11) is 0. The van der Waals surface area contributed by atoms with E-state index in [0.717, 1.165) is 25.7 Å². The average Bonchev–Trinajstić information content (AvgIpc) is 2.53. The van der Waals surface area contributed by atoms with Crippen molar-refractivity contribution in [3.8, 4) is 0 Å². The number of aliphatic carboxylic acids is 2. The van der Waals surface area contributed by atoms with Crippen LogP contribution in [0, 0.1) is 0 Å². The maximum Gasteiger partial charge on any atom is 1.00 e. The van der Waals surface area contributed by atoms with E-state index in [1.807, 2.05) is 0 Å². The summed E-state index contributed by atoms with van der Waals surface area (Å²) in [6, 6.07) is 0. The first-order valence-electron chi connectivity index (χ1n) is 9.96. The van der Waals surface area contributed by atoms with Crippen molar-refractivity contribution in [2.75, 3.05) is 0 Å². The van der Waals surface area contributed by atoms with E-state index in [0.29, 0.717) is 6.42 Å². The van der Waals surface area contributed by atoms with E-state index in [-0.39, 0.29) is 36.0 Å². The summed E-state index contributed by atoms with van der Waals surface area (Å²) < 4.78 is 0. The van der Waals surface area contributed by atoms with Crippen LogP contribution in [0.25, 0.3) is 0 Å². The fraction of sp³-hybridized carbons (Fsp3) is 0.900. The summed E-state index contributed by atoms with van der Waals surface area (Å²) in [6.45, 7) is 4.39. The first-order valence-corrected chi connectivity index (χ1v) is 9.96. The van der Waals surface area contributed by atoms with Crippen molar-refractivity contribution in [2.24, 2.45) is 0 Å². The van der Waals surface area contributed by atoms with E-state index < -0.39 is 11.9 Å². The van der Waals surface area contributed by atoms with Crippen LogP contribution in [0.3, 0.4) is 0 Å². The predicted octanol–water partition coefficient (Wildman–Crippen LogP) is 2.09. The van der Waals surface area contributed by atoms with Gasteiger partial charge in [-0.15, -0.1) is 0 Å². The monoisotopic (exact) mass is 366 g/mol. The number of hydrogen-bond acceptors (Lipinski definition) is 3. The molecule has 0 aliphatic heterocycles. The summed E-state index contributed by atoms with van der Waals surface area (Å²) in [6.07, 6.45) is 17.0. The summed E-state index contributed by atoms with van der Waals surface area (Å²) in [4.78, 5) is 20.2. The molecule has 0 aliphatic rings. The Labute approximate surface area is 177 Å². The smallest absolute Gasteiger partial charge is 0.550 e. The number of carbonyl (C=O) groups is 2.